The molecule has 2 N–H and O–H groups in total. The van der Waals surface area contributed by atoms with Gasteiger partial charge in [-0.2, -0.15) is 5.10 Å². The molecule has 1 aromatic heterocycles. The quantitative estimate of drug-likeness (QED) is 0.874. The lowest BCUT2D eigenvalue weighted by atomic mass is 9.89. The molecular weight excluding hydrogens is 294 g/mol. The van der Waals surface area contributed by atoms with Gasteiger partial charge in [0.15, 0.2) is 0 Å². The van der Waals surface area contributed by atoms with Crippen molar-refractivity contribution in [2.75, 3.05) is 6.54 Å². The van der Waals surface area contributed by atoms with E-state index in [0.717, 1.165) is 22.3 Å². The molecule has 1 unspecified atom stereocenters. The number of halogens is 1. The monoisotopic (exact) mass is 315 g/mol. The molecule has 0 aliphatic carbocycles. The summed E-state index contributed by atoms with van der Waals surface area (Å²) >= 11 is 3.53. The minimum atomic E-state index is -0.0723. The van der Waals surface area contributed by atoms with Crippen LogP contribution in [0, 0.1) is 11.8 Å². The van der Waals surface area contributed by atoms with E-state index in [4.69, 9.17) is 5.73 Å². The zero-order valence-corrected chi connectivity index (χ0v) is 13.1. The standard InChI is InChI=1S/C13H22BrN3O/c1-5-10-13(14)11(17(4)16-10)6-12(18)9(7-15)8(2)3/h8-9H,5-7,15H2,1-4H3. The normalized spacial score (nSPS) is 13.1. The summed E-state index contributed by atoms with van der Waals surface area (Å²) in [6.07, 6.45) is 1.25. The van der Waals surface area contributed by atoms with E-state index in [1.165, 1.54) is 0 Å². The molecule has 5 heteroatoms. The molecule has 0 saturated carbocycles. The van der Waals surface area contributed by atoms with Crippen LogP contribution in [0.1, 0.15) is 32.2 Å². The predicted molar refractivity (Wildman–Crippen MR) is 76.4 cm³/mol. The second kappa shape index (κ2) is 6.48. The van der Waals surface area contributed by atoms with Gasteiger partial charge >= 0.3 is 0 Å². The molecule has 0 fully saturated rings. The average molecular weight is 316 g/mol. The summed E-state index contributed by atoms with van der Waals surface area (Å²) in [5.74, 6) is 0.399. The Morgan fingerprint density at radius 1 is 1.50 bits per heavy atom. The molecule has 0 amide bonds. The van der Waals surface area contributed by atoms with Crippen molar-refractivity contribution in [2.24, 2.45) is 24.6 Å². The van der Waals surface area contributed by atoms with Crippen LogP contribution >= 0.6 is 15.9 Å². The summed E-state index contributed by atoms with van der Waals surface area (Å²) in [6, 6.07) is 0. The molecule has 1 aromatic rings. The number of hydrogen-bond acceptors (Lipinski definition) is 3. The van der Waals surface area contributed by atoms with E-state index >= 15 is 0 Å². The highest BCUT2D eigenvalue weighted by Gasteiger charge is 2.23. The number of rotatable bonds is 6. The lowest BCUT2D eigenvalue weighted by Gasteiger charge is -2.17. The van der Waals surface area contributed by atoms with Crippen LogP contribution < -0.4 is 5.73 Å². The summed E-state index contributed by atoms with van der Waals surface area (Å²) in [6.45, 7) is 6.53. The molecule has 18 heavy (non-hydrogen) atoms. The van der Waals surface area contributed by atoms with Crippen LogP contribution in [0.25, 0.3) is 0 Å². The van der Waals surface area contributed by atoms with Gasteiger partial charge in [0.05, 0.1) is 15.9 Å². The Hall–Kier alpha value is -0.680. The highest BCUT2D eigenvalue weighted by atomic mass is 79.9. The van der Waals surface area contributed by atoms with E-state index in [2.05, 4.69) is 28.0 Å². The van der Waals surface area contributed by atoms with Crippen molar-refractivity contribution in [1.82, 2.24) is 9.78 Å². The van der Waals surface area contributed by atoms with Crippen LogP contribution in [0.5, 0.6) is 0 Å². The van der Waals surface area contributed by atoms with Gasteiger partial charge < -0.3 is 5.73 Å². The van der Waals surface area contributed by atoms with Gasteiger partial charge in [0.25, 0.3) is 0 Å². The molecule has 0 bridgehead atoms. The van der Waals surface area contributed by atoms with Crippen molar-refractivity contribution in [2.45, 2.75) is 33.6 Å². The highest BCUT2D eigenvalue weighted by Crippen LogP contribution is 2.24. The third kappa shape index (κ3) is 3.20. The van der Waals surface area contributed by atoms with E-state index in [1.807, 2.05) is 20.9 Å². The Kier molecular flexibility index (Phi) is 5.53. The number of aryl methyl sites for hydroxylation is 2. The van der Waals surface area contributed by atoms with E-state index in [9.17, 15) is 4.79 Å². The van der Waals surface area contributed by atoms with Gasteiger partial charge in [-0.05, 0) is 28.3 Å². The molecule has 1 atom stereocenters. The molecule has 0 saturated heterocycles. The Morgan fingerprint density at radius 2 is 2.11 bits per heavy atom. The Bertz CT molecular complexity index is 426. The lowest BCUT2D eigenvalue weighted by molar-refractivity contribution is -0.123. The largest absolute Gasteiger partial charge is 0.330 e. The number of nitrogens with zero attached hydrogens (tertiary/aromatic N) is 2. The number of aromatic nitrogens is 2. The summed E-state index contributed by atoms with van der Waals surface area (Å²) in [4.78, 5) is 12.2. The van der Waals surface area contributed by atoms with Crippen molar-refractivity contribution in [3.8, 4) is 0 Å². The summed E-state index contributed by atoms with van der Waals surface area (Å²) in [7, 11) is 1.87. The second-order valence-corrected chi connectivity index (χ2v) is 5.71. The van der Waals surface area contributed by atoms with Gasteiger partial charge in [-0.15, -0.1) is 0 Å². The van der Waals surface area contributed by atoms with Gasteiger partial charge in [-0.25, -0.2) is 0 Å². The van der Waals surface area contributed by atoms with Gasteiger partial charge in [0.2, 0.25) is 0 Å². The smallest absolute Gasteiger partial charge is 0.143 e. The zero-order valence-electron chi connectivity index (χ0n) is 11.5. The number of ketones is 1. The van der Waals surface area contributed by atoms with Crippen molar-refractivity contribution in [1.29, 1.82) is 0 Å². The first-order chi connectivity index (χ1) is 8.42. The molecule has 1 rings (SSSR count). The molecule has 0 aliphatic rings. The maximum Gasteiger partial charge on any atom is 0.143 e. The van der Waals surface area contributed by atoms with Gasteiger partial charge in [0, 0.05) is 25.9 Å². The number of nitrogens with two attached hydrogens (primary N) is 1. The van der Waals surface area contributed by atoms with Crippen molar-refractivity contribution in [3.05, 3.63) is 15.9 Å². The minimum Gasteiger partial charge on any atom is -0.330 e. The van der Waals surface area contributed by atoms with E-state index in [0.29, 0.717) is 13.0 Å². The van der Waals surface area contributed by atoms with Gasteiger partial charge in [-0.3, -0.25) is 9.48 Å². The summed E-state index contributed by atoms with van der Waals surface area (Å²) in [5.41, 5.74) is 7.62. The van der Waals surface area contributed by atoms with Gasteiger partial charge in [-0.1, -0.05) is 20.8 Å². The van der Waals surface area contributed by atoms with E-state index in [1.54, 1.807) is 4.68 Å². The number of Topliss-reactive ketones (excluding diaryl/α,β-unsaturated/α-hetero) is 1. The van der Waals surface area contributed by atoms with E-state index < -0.39 is 0 Å². The van der Waals surface area contributed by atoms with Gasteiger partial charge in [0.1, 0.15) is 5.78 Å². The third-order valence-corrected chi connectivity index (χ3v) is 4.23. The fourth-order valence-electron chi connectivity index (χ4n) is 2.08. The van der Waals surface area contributed by atoms with Crippen LogP contribution in [0.4, 0.5) is 0 Å². The van der Waals surface area contributed by atoms with Crippen LogP contribution in [0.15, 0.2) is 4.47 Å². The molecule has 4 nitrogen and oxygen atoms in total. The molecular formula is C13H22BrN3O. The molecule has 1 heterocycles. The fourth-order valence-corrected chi connectivity index (χ4v) is 2.84. The Balaban J connectivity index is 2.91. The summed E-state index contributed by atoms with van der Waals surface area (Å²) in [5, 5.41) is 4.40. The SMILES string of the molecule is CCc1nn(C)c(CC(=O)C(CN)C(C)C)c1Br. The summed E-state index contributed by atoms with van der Waals surface area (Å²) < 4.78 is 2.75. The second-order valence-electron chi connectivity index (χ2n) is 4.91. The Labute approximate surface area is 117 Å². The van der Waals surface area contributed by atoms with Crippen LogP contribution in [-0.2, 0) is 24.7 Å². The fraction of sp³-hybridized carbons (Fsp3) is 0.692. The first-order valence-electron chi connectivity index (χ1n) is 6.35. The number of hydrogen-bond donors (Lipinski definition) is 1. The Morgan fingerprint density at radius 3 is 2.50 bits per heavy atom. The van der Waals surface area contributed by atoms with Crippen LogP contribution in [0.2, 0.25) is 0 Å². The van der Waals surface area contributed by atoms with Crippen molar-refractivity contribution >= 4 is 21.7 Å². The first-order valence-corrected chi connectivity index (χ1v) is 7.14. The van der Waals surface area contributed by atoms with E-state index in [-0.39, 0.29) is 17.6 Å². The predicted octanol–water partition coefficient (Wildman–Crippen LogP) is 2.09. The molecule has 0 aliphatic heterocycles. The molecule has 102 valence electrons. The number of carbonyl (C=O) groups is 1. The van der Waals surface area contributed by atoms with Crippen LogP contribution in [0.3, 0.4) is 0 Å². The molecule has 0 radical (unpaired) electrons. The zero-order chi connectivity index (χ0) is 13.9. The number of carbonyl (C=O) groups excluding carboxylic acids is 1. The molecule has 0 spiro atoms. The topological polar surface area (TPSA) is 60.9 Å². The maximum absolute atomic E-state index is 12.2. The van der Waals surface area contributed by atoms with Crippen LogP contribution in [-0.4, -0.2) is 22.1 Å². The third-order valence-electron chi connectivity index (χ3n) is 3.32. The maximum atomic E-state index is 12.2. The molecule has 0 aromatic carbocycles. The average Bonchev–Trinajstić information content (AvgIpc) is 2.56. The minimum absolute atomic E-state index is 0.0723. The first kappa shape index (κ1) is 15.4. The lowest BCUT2D eigenvalue weighted by Crippen LogP contribution is -2.30. The van der Waals surface area contributed by atoms with Crippen molar-refractivity contribution < 1.29 is 4.79 Å². The highest BCUT2D eigenvalue weighted by molar-refractivity contribution is 9.10. The van der Waals surface area contributed by atoms with Crippen molar-refractivity contribution in [3.63, 3.8) is 0 Å².